The van der Waals surface area contributed by atoms with Gasteiger partial charge in [-0.15, -0.1) is 11.3 Å². The van der Waals surface area contributed by atoms with Gasteiger partial charge in [-0.2, -0.15) is 0 Å². The molecule has 0 bridgehead atoms. The smallest absolute Gasteiger partial charge is 0.253 e. The third-order valence-corrected chi connectivity index (χ3v) is 5.44. The summed E-state index contributed by atoms with van der Waals surface area (Å²) in [6.45, 7) is 3.63. The fourth-order valence-electron chi connectivity index (χ4n) is 3.30. The van der Waals surface area contributed by atoms with Gasteiger partial charge in [0, 0.05) is 24.6 Å². The third kappa shape index (κ3) is 2.75. The van der Waals surface area contributed by atoms with E-state index in [1.54, 1.807) is 11.3 Å². The summed E-state index contributed by atoms with van der Waals surface area (Å²) < 4.78 is 1.14. The maximum Gasteiger partial charge on any atom is 0.253 e. The van der Waals surface area contributed by atoms with E-state index in [0.717, 1.165) is 40.3 Å². The molecular weight excluding hydrogens is 304 g/mol. The Balaban J connectivity index is 1.54. The van der Waals surface area contributed by atoms with E-state index in [1.165, 1.54) is 5.56 Å². The molecule has 23 heavy (non-hydrogen) atoms. The molecule has 3 aromatic rings. The van der Waals surface area contributed by atoms with Gasteiger partial charge in [-0.25, -0.2) is 4.98 Å². The summed E-state index contributed by atoms with van der Waals surface area (Å²) >= 11 is 1.67. The lowest BCUT2D eigenvalue weighted by Gasteiger charge is -2.17. The number of likely N-dealkylation sites (tertiary alicyclic amines) is 1. The Kier molecular flexibility index (Phi) is 3.62. The van der Waals surface area contributed by atoms with Gasteiger partial charge in [-0.3, -0.25) is 4.79 Å². The molecule has 0 aliphatic carbocycles. The number of amides is 1. The van der Waals surface area contributed by atoms with E-state index in [1.807, 2.05) is 36.1 Å². The van der Waals surface area contributed by atoms with Crippen molar-refractivity contribution < 1.29 is 4.79 Å². The Morgan fingerprint density at radius 1 is 1.22 bits per heavy atom. The van der Waals surface area contributed by atoms with Crippen LogP contribution in [0, 0.1) is 6.92 Å². The average molecular weight is 322 g/mol. The van der Waals surface area contributed by atoms with Crippen molar-refractivity contribution in [2.24, 2.45) is 0 Å². The fraction of sp³-hybridized carbons (Fsp3) is 0.263. The van der Waals surface area contributed by atoms with Crippen molar-refractivity contribution in [1.29, 1.82) is 0 Å². The van der Waals surface area contributed by atoms with Gasteiger partial charge in [0.05, 0.1) is 15.2 Å². The number of hydrogen-bond acceptors (Lipinski definition) is 3. The highest BCUT2D eigenvalue weighted by Crippen LogP contribution is 2.29. The molecule has 1 fully saturated rings. The summed E-state index contributed by atoms with van der Waals surface area (Å²) in [4.78, 5) is 19.2. The van der Waals surface area contributed by atoms with Gasteiger partial charge in [0.1, 0.15) is 0 Å². The maximum absolute atomic E-state index is 12.8. The molecule has 1 aromatic heterocycles. The summed E-state index contributed by atoms with van der Waals surface area (Å²) in [7, 11) is 0. The number of aryl methyl sites for hydroxylation is 1. The number of rotatable bonds is 2. The first kappa shape index (κ1) is 14.4. The van der Waals surface area contributed by atoms with Crippen LogP contribution in [0.4, 0.5) is 0 Å². The van der Waals surface area contributed by atoms with E-state index in [-0.39, 0.29) is 5.91 Å². The molecule has 2 heterocycles. The largest absolute Gasteiger partial charge is 0.338 e. The molecule has 116 valence electrons. The Morgan fingerprint density at radius 2 is 2.04 bits per heavy atom. The van der Waals surface area contributed by atoms with Crippen LogP contribution in [0.2, 0.25) is 0 Å². The van der Waals surface area contributed by atoms with Crippen LogP contribution in [0.1, 0.15) is 33.3 Å². The molecule has 4 rings (SSSR count). The van der Waals surface area contributed by atoms with Crippen LogP contribution in [0.3, 0.4) is 0 Å². The lowest BCUT2D eigenvalue weighted by Crippen LogP contribution is -2.28. The van der Waals surface area contributed by atoms with Gasteiger partial charge in [0.25, 0.3) is 5.91 Å². The van der Waals surface area contributed by atoms with Crippen molar-refractivity contribution in [1.82, 2.24) is 9.88 Å². The normalized spacial score (nSPS) is 17.8. The Hall–Kier alpha value is -2.20. The second kappa shape index (κ2) is 5.78. The van der Waals surface area contributed by atoms with Crippen LogP contribution < -0.4 is 0 Å². The number of nitrogens with zero attached hydrogens (tertiary/aromatic N) is 2. The van der Waals surface area contributed by atoms with Crippen molar-refractivity contribution in [3.63, 3.8) is 0 Å². The number of carbonyl (C=O) groups is 1. The number of carbonyl (C=O) groups excluding carboxylic acids is 1. The summed E-state index contributed by atoms with van der Waals surface area (Å²) in [5, 5.41) is 1.04. The van der Waals surface area contributed by atoms with E-state index in [4.69, 9.17) is 0 Å². The zero-order valence-corrected chi connectivity index (χ0v) is 13.8. The maximum atomic E-state index is 12.8. The topological polar surface area (TPSA) is 33.2 Å². The van der Waals surface area contributed by atoms with Crippen LogP contribution in [-0.4, -0.2) is 28.9 Å². The van der Waals surface area contributed by atoms with Crippen LogP contribution in [0.15, 0.2) is 48.5 Å². The first-order valence-electron chi connectivity index (χ1n) is 7.92. The zero-order chi connectivity index (χ0) is 15.8. The molecule has 1 aliphatic heterocycles. The van der Waals surface area contributed by atoms with Crippen LogP contribution in [0.5, 0.6) is 0 Å². The molecular formula is C19H18N2OS. The van der Waals surface area contributed by atoms with Gasteiger partial charge >= 0.3 is 0 Å². The lowest BCUT2D eigenvalue weighted by molar-refractivity contribution is 0.0791. The monoisotopic (exact) mass is 322 g/mol. The van der Waals surface area contributed by atoms with E-state index >= 15 is 0 Å². The fourth-order valence-corrected chi connectivity index (χ4v) is 4.11. The molecule has 0 radical (unpaired) electrons. The van der Waals surface area contributed by atoms with Crippen molar-refractivity contribution in [2.75, 3.05) is 13.1 Å². The second-order valence-electron chi connectivity index (χ2n) is 6.06. The molecule has 1 aliphatic rings. The van der Waals surface area contributed by atoms with E-state index in [0.29, 0.717) is 5.92 Å². The number of aromatic nitrogens is 1. The molecule has 1 atom stereocenters. The molecule has 4 heteroatoms. The number of fused-ring (bicyclic) bond motifs is 1. The first-order valence-corrected chi connectivity index (χ1v) is 8.74. The van der Waals surface area contributed by atoms with Gasteiger partial charge in [0.15, 0.2) is 0 Å². The number of thiazole rings is 1. The van der Waals surface area contributed by atoms with E-state index in [9.17, 15) is 4.79 Å². The van der Waals surface area contributed by atoms with Gasteiger partial charge in [-0.1, -0.05) is 30.3 Å². The lowest BCUT2D eigenvalue weighted by atomic mass is 9.99. The average Bonchev–Trinajstić information content (AvgIpc) is 3.20. The van der Waals surface area contributed by atoms with Crippen molar-refractivity contribution in [3.8, 4) is 0 Å². The van der Waals surface area contributed by atoms with Crippen molar-refractivity contribution in [3.05, 3.63) is 64.7 Å². The predicted octanol–water partition coefficient (Wildman–Crippen LogP) is 4.23. The Morgan fingerprint density at radius 3 is 2.87 bits per heavy atom. The molecule has 0 N–H and O–H groups in total. The van der Waals surface area contributed by atoms with Gasteiger partial charge in [-0.05, 0) is 37.1 Å². The highest BCUT2D eigenvalue weighted by atomic mass is 32.1. The summed E-state index contributed by atoms with van der Waals surface area (Å²) in [5.41, 5.74) is 3.00. The van der Waals surface area contributed by atoms with Crippen molar-refractivity contribution in [2.45, 2.75) is 19.3 Å². The predicted molar refractivity (Wildman–Crippen MR) is 94.1 cm³/mol. The molecule has 2 aromatic carbocycles. The highest BCUT2D eigenvalue weighted by Gasteiger charge is 2.28. The minimum atomic E-state index is 0.121. The van der Waals surface area contributed by atoms with Crippen LogP contribution in [-0.2, 0) is 0 Å². The van der Waals surface area contributed by atoms with Crippen molar-refractivity contribution >= 4 is 27.5 Å². The number of hydrogen-bond donors (Lipinski definition) is 0. The Labute approximate surface area is 139 Å². The van der Waals surface area contributed by atoms with Crippen LogP contribution >= 0.6 is 11.3 Å². The van der Waals surface area contributed by atoms with Gasteiger partial charge < -0.3 is 4.90 Å². The van der Waals surface area contributed by atoms with E-state index in [2.05, 4.69) is 29.2 Å². The third-order valence-electron chi connectivity index (χ3n) is 4.49. The zero-order valence-electron chi connectivity index (χ0n) is 13.0. The molecule has 1 saturated heterocycles. The molecule has 0 unspecified atom stereocenters. The summed E-state index contributed by atoms with van der Waals surface area (Å²) in [5.74, 6) is 0.571. The summed E-state index contributed by atoms with van der Waals surface area (Å²) in [6.07, 6.45) is 1.04. The first-order chi connectivity index (χ1) is 11.2. The van der Waals surface area contributed by atoms with Crippen LogP contribution in [0.25, 0.3) is 10.2 Å². The molecule has 0 spiro atoms. The number of benzene rings is 2. The minimum Gasteiger partial charge on any atom is -0.338 e. The summed E-state index contributed by atoms with van der Waals surface area (Å²) in [6, 6.07) is 16.3. The van der Waals surface area contributed by atoms with E-state index < -0.39 is 0 Å². The molecule has 0 saturated carbocycles. The molecule has 3 nitrogen and oxygen atoms in total. The molecule has 1 amide bonds. The highest BCUT2D eigenvalue weighted by molar-refractivity contribution is 7.18. The second-order valence-corrected chi connectivity index (χ2v) is 7.30. The van der Waals surface area contributed by atoms with Gasteiger partial charge in [0.2, 0.25) is 0 Å². The SMILES string of the molecule is Cc1nc2cc(C(=O)N3CC[C@@H](c4ccccc4)C3)ccc2s1. The minimum absolute atomic E-state index is 0.121. The standard InChI is InChI=1S/C19H18N2OS/c1-13-20-17-11-15(7-8-18(17)23-13)19(22)21-10-9-16(12-21)14-5-3-2-4-6-14/h2-8,11,16H,9-10,12H2,1H3/t16-/m1/s1. The quantitative estimate of drug-likeness (QED) is 0.707. The Bertz CT molecular complexity index is 856.